The number of likely N-dealkylation sites (N-methyl/N-ethyl adjacent to an activating group) is 2. The number of aliphatic hydroxyl groups excluding tert-OH is 1. The number of hydrogen-bond acceptors (Lipinski definition) is 4. The van der Waals surface area contributed by atoms with Gasteiger partial charge >= 0.3 is 0 Å². The number of nitrogens with zero attached hydrogens (tertiary/aromatic N) is 2. The second-order valence-corrected chi connectivity index (χ2v) is 6.59. The predicted octanol–water partition coefficient (Wildman–Crippen LogP) is 0.763. The van der Waals surface area contributed by atoms with Crippen molar-refractivity contribution in [2.75, 3.05) is 46.8 Å². The normalized spacial score (nSPS) is 28.9. The van der Waals surface area contributed by atoms with Gasteiger partial charge in [0.05, 0.1) is 6.10 Å². The Labute approximate surface area is 118 Å². The van der Waals surface area contributed by atoms with Crippen LogP contribution in [0.2, 0.25) is 0 Å². The van der Waals surface area contributed by atoms with E-state index in [-0.39, 0.29) is 6.10 Å². The Bertz CT molecular complexity index is 256. The molecule has 0 aromatic rings. The quantitative estimate of drug-likeness (QED) is 0.747. The minimum Gasteiger partial charge on any atom is -0.392 e. The molecule has 1 aliphatic heterocycles. The summed E-state index contributed by atoms with van der Waals surface area (Å²) in [5.41, 5.74) is 0. The molecule has 0 aromatic heterocycles. The third-order valence-electron chi connectivity index (χ3n) is 4.82. The van der Waals surface area contributed by atoms with Gasteiger partial charge in [-0.25, -0.2) is 0 Å². The molecule has 0 amide bonds. The van der Waals surface area contributed by atoms with Gasteiger partial charge in [-0.05, 0) is 26.4 Å². The van der Waals surface area contributed by atoms with E-state index < -0.39 is 0 Å². The molecule has 4 nitrogen and oxygen atoms in total. The summed E-state index contributed by atoms with van der Waals surface area (Å²) in [5.74, 6) is 0.778. The van der Waals surface area contributed by atoms with Crippen LogP contribution in [0.5, 0.6) is 0 Å². The Morgan fingerprint density at radius 3 is 2.68 bits per heavy atom. The van der Waals surface area contributed by atoms with Crippen LogP contribution in [0.1, 0.15) is 32.1 Å². The van der Waals surface area contributed by atoms with Gasteiger partial charge in [-0.1, -0.05) is 25.7 Å². The SMILES string of the molecule is CN1CCN(C)C(CNCC(O)CC2CCCC2)C1. The lowest BCUT2D eigenvalue weighted by Gasteiger charge is -2.38. The number of nitrogens with one attached hydrogen (secondary N) is 1. The highest BCUT2D eigenvalue weighted by molar-refractivity contribution is 4.81. The van der Waals surface area contributed by atoms with Crippen molar-refractivity contribution in [2.24, 2.45) is 5.92 Å². The monoisotopic (exact) mass is 269 g/mol. The first-order valence-corrected chi connectivity index (χ1v) is 7.92. The Kier molecular flexibility index (Phi) is 6.07. The fourth-order valence-electron chi connectivity index (χ4n) is 3.45. The van der Waals surface area contributed by atoms with Gasteiger partial charge in [-0.15, -0.1) is 0 Å². The topological polar surface area (TPSA) is 38.7 Å². The van der Waals surface area contributed by atoms with E-state index in [0.717, 1.165) is 45.1 Å². The van der Waals surface area contributed by atoms with E-state index in [4.69, 9.17) is 0 Å². The molecule has 2 rings (SSSR count). The Balaban J connectivity index is 1.59. The third-order valence-corrected chi connectivity index (χ3v) is 4.82. The van der Waals surface area contributed by atoms with Gasteiger partial charge < -0.3 is 15.3 Å². The van der Waals surface area contributed by atoms with Gasteiger partial charge in [0.2, 0.25) is 0 Å². The molecule has 0 bridgehead atoms. The molecule has 2 fully saturated rings. The lowest BCUT2D eigenvalue weighted by atomic mass is 10.00. The molecule has 0 radical (unpaired) electrons. The zero-order valence-corrected chi connectivity index (χ0v) is 12.6. The van der Waals surface area contributed by atoms with Crippen LogP contribution in [0.4, 0.5) is 0 Å². The molecule has 1 saturated heterocycles. The van der Waals surface area contributed by atoms with Gasteiger partial charge in [0.25, 0.3) is 0 Å². The second-order valence-electron chi connectivity index (χ2n) is 6.59. The summed E-state index contributed by atoms with van der Waals surface area (Å²) in [7, 11) is 4.39. The molecular weight excluding hydrogens is 238 g/mol. The predicted molar refractivity (Wildman–Crippen MR) is 79.4 cm³/mol. The van der Waals surface area contributed by atoms with Crippen molar-refractivity contribution >= 4 is 0 Å². The minimum atomic E-state index is -0.158. The van der Waals surface area contributed by atoms with Crippen LogP contribution in [0, 0.1) is 5.92 Å². The van der Waals surface area contributed by atoms with E-state index in [9.17, 15) is 5.11 Å². The zero-order chi connectivity index (χ0) is 13.7. The highest BCUT2D eigenvalue weighted by atomic mass is 16.3. The molecule has 2 N–H and O–H groups in total. The molecule has 112 valence electrons. The summed E-state index contributed by atoms with van der Waals surface area (Å²) in [6.45, 7) is 5.18. The fraction of sp³-hybridized carbons (Fsp3) is 1.00. The third kappa shape index (κ3) is 5.03. The molecule has 2 atom stereocenters. The lowest BCUT2D eigenvalue weighted by Crippen LogP contribution is -2.54. The highest BCUT2D eigenvalue weighted by Crippen LogP contribution is 2.28. The van der Waals surface area contributed by atoms with Crippen molar-refractivity contribution in [3.63, 3.8) is 0 Å². The Morgan fingerprint density at radius 1 is 1.21 bits per heavy atom. The summed E-state index contributed by atoms with van der Waals surface area (Å²) in [5, 5.41) is 13.5. The average molecular weight is 269 g/mol. The zero-order valence-electron chi connectivity index (χ0n) is 12.6. The maximum absolute atomic E-state index is 10.1. The van der Waals surface area contributed by atoms with Crippen LogP contribution in [-0.4, -0.2) is 73.9 Å². The van der Waals surface area contributed by atoms with Gasteiger partial charge in [-0.3, -0.25) is 4.90 Å². The molecule has 4 heteroatoms. The van der Waals surface area contributed by atoms with Gasteiger partial charge in [0.15, 0.2) is 0 Å². The number of aliphatic hydroxyl groups is 1. The number of hydrogen-bond donors (Lipinski definition) is 2. The lowest BCUT2D eigenvalue weighted by molar-refractivity contribution is 0.103. The molecular formula is C15H31N3O. The van der Waals surface area contributed by atoms with E-state index in [1.807, 2.05) is 0 Å². The standard InChI is InChI=1S/C15H31N3O/c1-17-7-8-18(2)14(12-17)10-16-11-15(19)9-13-5-3-4-6-13/h13-16,19H,3-12H2,1-2H3. The number of rotatable bonds is 6. The van der Waals surface area contributed by atoms with Crippen molar-refractivity contribution in [1.82, 2.24) is 15.1 Å². The van der Waals surface area contributed by atoms with Gasteiger partial charge in [0, 0.05) is 38.8 Å². The van der Waals surface area contributed by atoms with Crippen LogP contribution in [0.15, 0.2) is 0 Å². The summed E-state index contributed by atoms with van der Waals surface area (Å²) in [6.07, 6.45) is 6.22. The highest BCUT2D eigenvalue weighted by Gasteiger charge is 2.22. The average Bonchev–Trinajstić information content (AvgIpc) is 2.86. The smallest absolute Gasteiger partial charge is 0.0667 e. The van der Waals surface area contributed by atoms with Crippen molar-refractivity contribution in [2.45, 2.75) is 44.2 Å². The molecule has 0 aromatic carbocycles. The first kappa shape index (κ1) is 15.2. The first-order valence-electron chi connectivity index (χ1n) is 7.92. The maximum atomic E-state index is 10.1. The van der Waals surface area contributed by atoms with Gasteiger partial charge in [0.1, 0.15) is 0 Å². The second kappa shape index (κ2) is 7.58. The molecule has 1 heterocycles. The molecule has 2 aliphatic rings. The van der Waals surface area contributed by atoms with E-state index >= 15 is 0 Å². The summed E-state index contributed by atoms with van der Waals surface area (Å²) < 4.78 is 0. The molecule has 1 saturated carbocycles. The summed E-state index contributed by atoms with van der Waals surface area (Å²) >= 11 is 0. The van der Waals surface area contributed by atoms with Crippen molar-refractivity contribution < 1.29 is 5.11 Å². The van der Waals surface area contributed by atoms with Gasteiger partial charge in [-0.2, -0.15) is 0 Å². The van der Waals surface area contributed by atoms with Crippen molar-refractivity contribution in [1.29, 1.82) is 0 Å². The van der Waals surface area contributed by atoms with Crippen LogP contribution >= 0.6 is 0 Å². The number of piperazine rings is 1. The molecule has 19 heavy (non-hydrogen) atoms. The Morgan fingerprint density at radius 2 is 1.95 bits per heavy atom. The molecule has 1 aliphatic carbocycles. The molecule has 2 unspecified atom stereocenters. The molecule has 0 spiro atoms. The van der Waals surface area contributed by atoms with E-state index in [1.54, 1.807) is 0 Å². The van der Waals surface area contributed by atoms with E-state index in [1.165, 1.54) is 25.7 Å². The summed E-state index contributed by atoms with van der Waals surface area (Å²) in [6, 6.07) is 0.581. The first-order chi connectivity index (χ1) is 9.15. The van der Waals surface area contributed by atoms with Crippen LogP contribution < -0.4 is 5.32 Å². The largest absolute Gasteiger partial charge is 0.392 e. The summed E-state index contributed by atoms with van der Waals surface area (Å²) in [4.78, 5) is 4.82. The van der Waals surface area contributed by atoms with Crippen LogP contribution in [0.25, 0.3) is 0 Å². The Hall–Kier alpha value is -0.160. The van der Waals surface area contributed by atoms with Crippen LogP contribution in [-0.2, 0) is 0 Å². The maximum Gasteiger partial charge on any atom is 0.0667 e. The van der Waals surface area contributed by atoms with E-state index in [0.29, 0.717) is 6.04 Å². The van der Waals surface area contributed by atoms with Crippen molar-refractivity contribution in [3.8, 4) is 0 Å². The van der Waals surface area contributed by atoms with Crippen LogP contribution in [0.3, 0.4) is 0 Å². The van der Waals surface area contributed by atoms with Crippen molar-refractivity contribution in [3.05, 3.63) is 0 Å². The minimum absolute atomic E-state index is 0.158. The fourth-order valence-corrected chi connectivity index (χ4v) is 3.45. The van der Waals surface area contributed by atoms with E-state index in [2.05, 4.69) is 29.2 Å².